The Morgan fingerprint density at radius 1 is 1.53 bits per heavy atom. The van der Waals surface area contributed by atoms with Crippen LogP contribution in [0.2, 0.25) is 5.02 Å². The molecule has 17 heavy (non-hydrogen) atoms. The number of urea groups is 1. The molecule has 0 unspecified atom stereocenters. The molecule has 0 bridgehead atoms. The van der Waals surface area contributed by atoms with E-state index in [0.29, 0.717) is 30.2 Å². The molecule has 0 fully saturated rings. The number of carbonyl (C=O) groups is 1. The van der Waals surface area contributed by atoms with E-state index in [-0.39, 0.29) is 12.6 Å². The molecule has 0 spiro atoms. The van der Waals surface area contributed by atoms with Crippen molar-refractivity contribution >= 4 is 23.3 Å². The van der Waals surface area contributed by atoms with Crippen molar-refractivity contribution in [3.05, 3.63) is 29.3 Å². The molecule has 0 atom stereocenters. The molecule has 4 nitrogen and oxygen atoms in total. The number of carbonyl (C=O) groups excluding carboxylic acids is 1. The van der Waals surface area contributed by atoms with E-state index >= 15 is 0 Å². The molecule has 2 amide bonds. The van der Waals surface area contributed by atoms with Gasteiger partial charge in [-0.2, -0.15) is 0 Å². The Bertz CT molecular complexity index is 371. The number of nitrogens with zero attached hydrogens (tertiary/aromatic N) is 1. The highest BCUT2D eigenvalue weighted by atomic mass is 35.5. The molecular weight excluding hydrogens is 240 g/mol. The van der Waals surface area contributed by atoms with Gasteiger partial charge in [0.05, 0.1) is 0 Å². The molecule has 5 heteroatoms. The zero-order chi connectivity index (χ0) is 12.7. The maximum atomic E-state index is 11.9. The van der Waals surface area contributed by atoms with Gasteiger partial charge in [-0.25, -0.2) is 4.79 Å². The molecule has 0 radical (unpaired) electrons. The Balaban J connectivity index is 2.57. The molecule has 0 aromatic heterocycles. The highest BCUT2D eigenvalue weighted by Crippen LogP contribution is 2.15. The van der Waals surface area contributed by atoms with Gasteiger partial charge in [0.2, 0.25) is 0 Å². The predicted octanol–water partition coefficient (Wildman–Crippen LogP) is 2.58. The first-order valence-electron chi connectivity index (χ1n) is 5.59. The Labute approximate surface area is 106 Å². The fourth-order valence-corrected chi connectivity index (χ4v) is 1.62. The van der Waals surface area contributed by atoms with Gasteiger partial charge in [-0.05, 0) is 31.5 Å². The lowest BCUT2D eigenvalue weighted by Gasteiger charge is -2.20. The summed E-state index contributed by atoms with van der Waals surface area (Å²) in [6.07, 6.45) is 0.580. The molecule has 0 heterocycles. The summed E-state index contributed by atoms with van der Waals surface area (Å²) in [6.45, 7) is 3.13. The predicted molar refractivity (Wildman–Crippen MR) is 69.4 cm³/mol. The molecule has 2 N–H and O–H groups in total. The van der Waals surface area contributed by atoms with Crippen LogP contribution in [0.15, 0.2) is 24.3 Å². The van der Waals surface area contributed by atoms with E-state index in [4.69, 9.17) is 16.7 Å². The number of aliphatic hydroxyl groups is 1. The minimum atomic E-state index is -0.178. The van der Waals surface area contributed by atoms with E-state index < -0.39 is 0 Å². The fraction of sp³-hybridized carbons (Fsp3) is 0.417. The van der Waals surface area contributed by atoms with Gasteiger partial charge in [0, 0.05) is 30.4 Å². The van der Waals surface area contributed by atoms with Gasteiger partial charge in [0.15, 0.2) is 0 Å². The van der Waals surface area contributed by atoms with Crippen molar-refractivity contribution in [1.29, 1.82) is 0 Å². The van der Waals surface area contributed by atoms with Crippen LogP contribution in [0.4, 0.5) is 10.5 Å². The number of anilines is 1. The normalized spacial score (nSPS) is 10.1. The van der Waals surface area contributed by atoms with Gasteiger partial charge in [-0.3, -0.25) is 0 Å². The maximum Gasteiger partial charge on any atom is 0.321 e. The van der Waals surface area contributed by atoms with Crippen LogP contribution in [0.3, 0.4) is 0 Å². The largest absolute Gasteiger partial charge is 0.396 e. The Morgan fingerprint density at radius 2 is 2.29 bits per heavy atom. The lowest BCUT2D eigenvalue weighted by molar-refractivity contribution is 0.205. The van der Waals surface area contributed by atoms with Crippen molar-refractivity contribution in [3.63, 3.8) is 0 Å². The monoisotopic (exact) mass is 256 g/mol. The number of hydrogen-bond acceptors (Lipinski definition) is 2. The van der Waals surface area contributed by atoms with E-state index in [1.54, 1.807) is 29.2 Å². The second-order valence-electron chi connectivity index (χ2n) is 3.60. The first kappa shape index (κ1) is 13.8. The minimum absolute atomic E-state index is 0.0843. The van der Waals surface area contributed by atoms with Gasteiger partial charge >= 0.3 is 6.03 Å². The standard InChI is InChI=1S/C12H17ClN2O2/c1-2-15(7-4-8-16)12(17)14-11-6-3-5-10(13)9-11/h3,5-6,9,16H,2,4,7-8H2,1H3,(H,14,17). The van der Waals surface area contributed by atoms with Crippen LogP contribution in [-0.2, 0) is 0 Å². The van der Waals surface area contributed by atoms with Crippen molar-refractivity contribution in [3.8, 4) is 0 Å². The van der Waals surface area contributed by atoms with Gasteiger partial charge < -0.3 is 15.3 Å². The number of halogens is 1. The van der Waals surface area contributed by atoms with Crippen LogP contribution in [-0.4, -0.2) is 35.7 Å². The number of hydrogen-bond donors (Lipinski definition) is 2. The number of benzene rings is 1. The molecule has 0 aliphatic rings. The third-order valence-corrected chi connectivity index (χ3v) is 2.57. The van der Waals surface area contributed by atoms with Crippen LogP contribution in [0.1, 0.15) is 13.3 Å². The summed E-state index contributed by atoms with van der Waals surface area (Å²) in [7, 11) is 0. The number of aliphatic hydroxyl groups excluding tert-OH is 1. The van der Waals surface area contributed by atoms with Crippen LogP contribution >= 0.6 is 11.6 Å². The van der Waals surface area contributed by atoms with Gasteiger partial charge in [-0.15, -0.1) is 0 Å². The van der Waals surface area contributed by atoms with E-state index in [1.807, 2.05) is 6.92 Å². The van der Waals surface area contributed by atoms with E-state index in [9.17, 15) is 4.79 Å². The third-order valence-electron chi connectivity index (χ3n) is 2.33. The first-order chi connectivity index (χ1) is 8.17. The minimum Gasteiger partial charge on any atom is -0.396 e. The van der Waals surface area contributed by atoms with Gasteiger partial charge in [-0.1, -0.05) is 17.7 Å². The zero-order valence-corrected chi connectivity index (χ0v) is 10.6. The maximum absolute atomic E-state index is 11.9. The van der Waals surface area contributed by atoms with Crippen molar-refractivity contribution in [2.24, 2.45) is 0 Å². The molecule has 0 saturated heterocycles. The van der Waals surface area contributed by atoms with Crippen molar-refractivity contribution in [2.75, 3.05) is 25.0 Å². The number of nitrogens with one attached hydrogen (secondary N) is 1. The summed E-state index contributed by atoms with van der Waals surface area (Å²) >= 11 is 5.83. The highest BCUT2D eigenvalue weighted by molar-refractivity contribution is 6.30. The zero-order valence-electron chi connectivity index (χ0n) is 9.82. The van der Waals surface area contributed by atoms with Crippen LogP contribution in [0.5, 0.6) is 0 Å². The average molecular weight is 257 g/mol. The summed E-state index contributed by atoms with van der Waals surface area (Å²) in [6, 6.07) is 6.83. The molecule has 0 aliphatic carbocycles. The smallest absolute Gasteiger partial charge is 0.321 e. The summed E-state index contributed by atoms with van der Waals surface area (Å²) in [5, 5.41) is 12.1. The quantitative estimate of drug-likeness (QED) is 0.851. The topological polar surface area (TPSA) is 52.6 Å². The SMILES string of the molecule is CCN(CCCO)C(=O)Nc1cccc(Cl)c1. The van der Waals surface area contributed by atoms with E-state index in [1.165, 1.54) is 0 Å². The summed E-state index contributed by atoms with van der Waals surface area (Å²) in [4.78, 5) is 13.5. The van der Waals surface area contributed by atoms with Crippen LogP contribution in [0, 0.1) is 0 Å². The molecule has 94 valence electrons. The molecule has 1 aromatic rings. The number of amides is 2. The molecular formula is C12H17ClN2O2. The molecule has 0 saturated carbocycles. The van der Waals surface area contributed by atoms with Crippen molar-refractivity contribution < 1.29 is 9.90 Å². The Hall–Kier alpha value is -1.26. The lowest BCUT2D eigenvalue weighted by Crippen LogP contribution is -2.35. The Kier molecular flexibility index (Phi) is 5.80. The van der Waals surface area contributed by atoms with Crippen molar-refractivity contribution in [1.82, 2.24) is 4.90 Å². The molecule has 1 aromatic carbocycles. The highest BCUT2D eigenvalue weighted by Gasteiger charge is 2.10. The third kappa shape index (κ3) is 4.63. The van der Waals surface area contributed by atoms with Crippen LogP contribution < -0.4 is 5.32 Å². The number of rotatable bonds is 5. The van der Waals surface area contributed by atoms with Gasteiger partial charge in [0.1, 0.15) is 0 Å². The van der Waals surface area contributed by atoms with Crippen LogP contribution in [0.25, 0.3) is 0 Å². The summed E-state index contributed by atoms with van der Waals surface area (Å²) in [5.74, 6) is 0. The van der Waals surface area contributed by atoms with E-state index in [0.717, 1.165) is 0 Å². The van der Waals surface area contributed by atoms with Crippen molar-refractivity contribution in [2.45, 2.75) is 13.3 Å². The molecule has 0 aliphatic heterocycles. The fourth-order valence-electron chi connectivity index (χ4n) is 1.43. The summed E-state index contributed by atoms with van der Waals surface area (Å²) < 4.78 is 0. The Morgan fingerprint density at radius 3 is 2.88 bits per heavy atom. The van der Waals surface area contributed by atoms with Gasteiger partial charge in [0.25, 0.3) is 0 Å². The molecule has 1 rings (SSSR count). The first-order valence-corrected chi connectivity index (χ1v) is 5.97. The average Bonchev–Trinajstić information content (AvgIpc) is 2.30. The van der Waals surface area contributed by atoms with E-state index in [2.05, 4.69) is 5.32 Å². The second kappa shape index (κ2) is 7.14. The second-order valence-corrected chi connectivity index (χ2v) is 4.03. The summed E-state index contributed by atoms with van der Waals surface area (Å²) in [5.41, 5.74) is 0.671. The lowest BCUT2D eigenvalue weighted by atomic mass is 10.3.